The van der Waals surface area contributed by atoms with Crippen molar-refractivity contribution in [1.29, 1.82) is 0 Å². The van der Waals surface area contributed by atoms with E-state index in [2.05, 4.69) is 36.1 Å². The van der Waals surface area contributed by atoms with Gasteiger partial charge in [0.15, 0.2) is 0 Å². The highest BCUT2D eigenvalue weighted by atomic mass is 19.1. The Morgan fingerprint density at radius 3 is 2.57 bits per heavy atom. The van der Waals surface area contributed by atoms with Crippen molar-refractivity contribution in [1.82, 2.24) is 10.2 Å². The molecule has 1 aliphatic rings. The normalized spacial score (nSPS) is 14.7. The molecule has 0 atom stereocenters. The van der Waals surface area contributed by atoms with Crippen LogP contribution in [-0.2, 0) is 6.54 Å². The summed E-state index contributed by atoms with van der Waals surface area (Å²) < 4.78 is 14.3. The highest BCUT2D eigenvalue weighted by Gasteiger charge is 2.20. The lowest BCUT2D eigenvalue weighted by molar-refractivity contribution is 0.400. The van der Waals surface area contributed by atoms with Crippen LogP contribution >= 0.6 is 0 Å². The molecule has 3 nitrogen and oxygen atoms in total. The van der Waals surface area contributed by atoms with Crippen LogP contribution in [0, 0.1) is 5.82 Å². The maximum Gasteiger partial charge on any atom is 0.146 e. The van der Waals surface area contributed by atoms with E-state index in [1.807, 2.05) is 12.1 Å². The molecule has 0 unspecified atom stereocenters. The Kier molecular flexibility index (Phi) is 6.00. The Bertz CT molecular complexity index is 444. The van der Waals surface area contributed by atoms with E-state index in [9.17, 15) is 4.39 Å². The zero-order valence-electron chi connectivity index (χ0n) is 13.5. The fraction of sp³-hybridized carbons (Fsp3) is 0.647. The number of hydrogen-bond donors (Lipinski definition) is 1. The summed E-state index contributed by atoms with van der Waals surface area (Å²) in [6.45, 7) is 5.61. The summed E-state index contributed by atoms with van der Waals surface area (Å²) in [5, 5.41) is 3.42. The van der Waals surface area contributed by atoms with Gasteiger partial charge in [-0.25, -0.2) is 4.39 Å². The zero-order chi connectivity index (χ0) is 15.2. The monoisotopic (exact) mass is 293 g/mol. The molecule has 118 valence electrons. The van der Waals surface area contributed by atoms with Crippen LogP contribution in [0.1, 0.15) is 31.7 Å². The fourth-order valence-corrected chi connectivity index (χ4v) is 2.49. The highest BCUT2D eigenvalue weighted by molar-refractivity contribution is 5.49. The van der Waals surface area contributed by atoms with E-state index >= 15 is 0 Å². The lowest BCUT2D eigenvalue weighted by Crippen LogP contribution is -2.27. The van der Waals surface area contributed by atoms with Crippen LogP contribution in [0.15, 0.2) is 18.2 Å². The van der Waals surface area contributed by atoms with Gasteiger partial charge in [-0.2, -0.15) is 0 Å². The number of nitrogens with zero attached hydrogens (tertiary/aromatic N) is 2. The van der Waals surface area contributed by atoms with Crippen molar-refractivity contribution in [3.63, 3.8) is 0 Å². The van der Waals surface area contributed by atoms with Crippen LogP contribution in [-0.4, -0.2) is 44.7 Å². The van der Waals surface area contributed by atoms with E-state index in [1.54, 1.807) is 6.07 Å². The molecule has 0 aromatic heterocycles. The van der Waals surface area contributed by atoms with Crippen molar-refractivity contribution in [3.8, 4) is 0 Å². The van der Waals surface area contributed by atoms with E-state index < -0.39 is 0 Å². The zero-order valence-corrected chi connectivity index (χ0v) is 13.5. The largest absolute Gasteiger partial charge is 0.369 e. The minimum Gasteiger partial charge on any atom is -0.369 e. The Hall–Kier alpha value is -1.13. The number of hydrogen-bond acceptors (Lipinski definition) is 3. The predicted molar refractivity (Wildman–Crippen MR) is 87.3 cm³/mol. The topological polar surface area (TPSA) is 18.5 Å². The minimum absolute atomic E-state index is 0.100. The Morgan fingerprint density at radius 1 is 1.24 bits per heavy atom. The third kappa shape index (κ3) is 5.29. The van der Waals surface area contributed by atoms with Gasteiger partial charge in [0, 0.05) is 25.7 Å². The molecule has 0 amide bonds. The molecular formula is C17H28FN3. The van der Waals surface area contributed by atoms with Gasteiger partial charge in [0.25, 0.3) is 0 Å². The summed E-state index contributed by atoms with van der Waals surface area (Å²) in [4.78, 5) is 4.29. The van der Waals surface area contributed by atoms with Crippen LogP contribution in [0.4, 0.5) is 10.1 Å². The van der Waals surface area contributed by atoms with Crippen LogP contribution < -0.4 is 10.2 Å². The first-order valence-electron chi connectivity index (χ1n) is 8.01. The maximum atomic E-state index is 14.3. The van der Waals surface area contributed by atoms with Gasteiger partial charge in [-0.15, -0.1) is 0 Å². The van der Waals surface area contributed by atoms with E-state index in [4.69, 9.17) is 0 Å². The van der Waals surface area contributed by atoms with Crippen LogP contribution in [0.3, 0.4) is 0 Å². The molecule has 2 rings (SSSR count). The first-order chi connectivity index (χ1) is 10.1. The molecule has 0 aliphatic heterocycles. The van der Waals surface area contributed by atoms with Gasteiger partial charge in [-0.1, -0.05) is 6.07 Å². The summed E-state index contributed by atoms with van der Waals surface area (Å²) in [6.07, 6.45) is 3.57. The van der Waals surface area contributed by atoms with Crippen molar-refractivity contribution < 1.29 is 4.39 Å². The summed E-state index contributed by atoms with van der Waals surface area (Å²) in [6, 6.07) is 6.31. The molecule has 0 saturated heterocycles. The number of halogens is 1. The van der Waals surface area contributed by atoms with Crippen LogP contribution in [0.5, 0.6) is 0 Å². The Morgan fingerprint density at radius 2 is 2.00 bits per heavy atom. The van der Waals surface area contributed by atoms with Gasteiger partial charge in [-0.3, -0.25) is 0 Å². The summed E-state index contributed by atoms with van der Waals surface area (Å²) in [7, 11) is 4.14. The van der Waals surface area contributed by atoms with Crippen molar-refractivity contribution in [3.05, 3.63) is 29.6 Å². The molecule has 1 fully saturated rings. The number of nitrogens with one attached hydrogen (secondary N) is 1. The molecule has 1 N–H and O–H groups in total. The van der Waals surface area contributed by atoms with Crippen LogP contribution in [0.2, 0.25) is 0 Å². The molecule has 1 aromatic rings. The molecule has 4 heteroatoms. The summed E-state index contributed by atoms with van der Waals surface area (Å²) in [5.74, 6) is -0.100. The molecule has 0 bridgehead atoms. The number of rotatable bonds is 9. The third-order valence-corrected chi connectivity index (χ3v) is 3.94. The van der Waals surface area contributed by atoms with Gasteiger partial charge in [0.2, 0.25) is 0 Å². The Labute approximate surface area is 128 Å². The molecule has 0 spiro atoms. The van der Waals surface area contributed by atoms with Crippen molar-refractivity contribution in [2.75, 3.05) is 38.6 Å². The first kappa shape index (κ1) is 16.2. The van der Waals surface area contributed by atoms with Crippen molar-refractivity contribution in [2.24, 2.45) is 0 Å². The van der Waals surface area contributed by atoms with Crippen LogP contribution in [0.25, 0.3) is 0 Å². The van der Waals surface area contributed by atoms with E-state index in [0.29, 0.717) is 6.04 Å². The standard InChI is InChI=1S/C17H28FN3/c1-4-21(11-5-10-20(2)3)17-9-6-14(12-16(17)18)13-19-15-7-8-15/h6,9,12,15,19H,4-5,7-8,10-11,13H2,1-3H3. The second kappa shape index (κ2) is 7.76. The second-order valence-electron chi connectivity index (χ2n) is 6.18. The van der Waals surface area contributed by atoms with E-state index in [0.717, 1.165) is 43.9 Å². The van der Waals surface area contributed by atoms with Gasteiger partial charge < -0.3 is 15.1 Å². The lowest BCUT2D eigenvalue weighted by atomic mass is 10.1. The van der Waals surface area contributed by atoms with Gasteiger partial charge in [-0.05, 0) is 64.5 Å². The van der Waals surface area contributed by atoms with Gasteiger partial charge >= 0.3 is 0 Å². The quantitative estimate of drug-likeness (QED) is 0.755. The van der Waals surface area contributed by atoms with E-state index in [1.165, 1.54) is 12.8 Å². The van der Waals surface area contributed by atoms with Crippen molar-refractivity contribution >= 4 is 5.69 Å². The smallest absolute Gasteiger partial charge is 0.146 e. The minimum atomic E-state index is -0.100. The van der Waals surface area contributed by atoms with Crippen molar-refractivity contribution in [2.45, 2.75) is 38.8 Å². The molecule has 21 heavy (non-hydrogen) atoms. The molecule has 1 aliphatic carbocycles. The van der Waals surface area contributed by atoms with Gasteiger partial charge in [0.1, 0.15) is 5.82 Å². The SMILES string of the molecule is CCN(CCCN(C)C)c1ccc(CNC2CC2)cc1F. The average molecular weight is 293 g/mol. The molecule has 0 radical (unpaired) electrons. The maximum absolute atomic E-state index is 14.3. The summed E-state index contributed by atoms with van der Waals surface area (Å²) >= 11 is 0. The first-order valence-corrected chi connectivity index (χ1v) is 8.01. The lowest BCUT2D eigenvalue weighted by Gasteiger charge is -2.24. The molecule has 1 saturated carbocycles. The number of benzene rings is 1. The number of anilines is 1. The van der Waals surface area contributed by atoms with Gasteiger partial charge in [0.05, 0.1) is 5.69 Å². The highest BCUT2D eigenvalue weighted by Crippen LogP contribution is 2.22. The van der Waals surface area contributed by atoms with E-state index in [-0.39, 0.29) is 5.82 Å². The summed E-state index contributed by atoms with van der Waals surface area (Å²) in [5.41, 5.74) is 1.76. The molecular weight excluding hydrogens is 265 g/mol. The Balaban J connectivity index is 1.92. The third-order valence-electron chi connectivity index (χ3n) is 3.94. The average Bonchev–Trinajstić information content (AvgIpc) is 3.26. The molecule has 1 aromatic carbocycles. The second-order valence-corrected chi connectivity index (χ2v) is 6.18. The predicted octanol–water partition coefficient (Wildman–Crippen LogP) is 2.86. The fourth-order valence-electron chi connectivity index (χ4n) is 2.49. The molecule has 0 heterocycles.